The predicted octanol–water partition coefficient (Wildman–Crippen LogP) is 2.58. The molecule has 3 rings (SSSR count). The standard InChI is InChI=1S/C18H25N3O3S/c1-4-21-16-10-9-15(25(23,24)20(2)3)11-13(16)12-17(21)18(22)19-14-7-5-6-8-14/h9-12,14H,4-8H2,1-3H3,(H,19,22). The van der Waals surface area contributed by atoms with E-state index in [9.17, 15) is 13.2 Å². The normalized spacial score (nSPS) is 16.0. The summed E-state index contributed by atoms with van der Waals surface area (Å²) in [6.07, 6.45) is 4.38. The Bertz CT molecular complexity index is 894. The highest BCUT2D eigenvalue weighted by Gasteiger charge is 2.22. The molecule has 1 saturated carbocycles. The number of nitrogens with one attached hydrogen (secondary N) is 1. The van der Waals surface area contributed by atoms with Gasteiger partial charge in [0.05, 0.1) is 4.90 Å². The third-order valence-electron chi connectivity index (χ3n) is 4.89. The second-order valence-electron chi connectivity index (χ2n) is 6.74. The van der Waals surface area contributed by atoms with E-state index < -0.39 is 10.0 Å². The van der Waals surface area contributed by atoms with Crippen molar-refractivity contribution in [3.8, 4) is 0 Å². The minimum absolute atomic E-state index is 0.0815. The summed E-state index contributed by atoms with van der Waals surface area (Å²) < 4.78 is 27.8. The number of aryl methyl sites for hydroxylation is 1. The van der Waals surface area contributed by atoms with Crippen LogP contribution in [0, 0.1) is 0 Å². The van der Waals surface area contributed by atoms with Crippen LogP contribution < -0.4 is 5.32 Å². The fourth-order valence-electron chi connectivity index (χ4n) is 3.48. The zero-order valence-corrected chi connectivity index (χ0v) is 15.8. The number of amides is 1. The molecule has 1 N–H and O–H groups in total. The summed E-state index contributed by atoms with van der Waals surface area (Å²) in [5, 5.41) is 3.87. The molecule has 6 nitrogen and oxygen atoms in total. The van der Waals surface area contributed by atoms with Gasteiger partial charge in [0.15, 0.2) is 0 Å². The first kappa shape index (κ1) is 17.9. The van der Waals surface area contributed by atoms with E-state index in [2.05, 4.69) is 5.32 Å². The third kappa shape index (κ3) is 3.30. The van der Waals surface area contributed by atoms with Crippen LogP contribution in [0.4, 0.5) is 0 Å². The number of hydrogen-bond donors (Lipinski definition) is 1. The number of carbonyl (C=O) groups is 1. The van der Waals surface area contributed by atoms with Gasteiger partial charge in [-0.3, -0.25) is 4.79 Å². The second kappa shape index (κ2) is 6.80. The SMILES string of the molecule is CCn1c(C(=O)NC2CCCC2)cc2cc(S(=O)(=O)N(C)C)ccc21. The number of carbonyl (C=O) groups excluding carboxylic acids is 1. The van der Waals surface area contributed by atoms with Crippen LogP contribution >= 0.6 is 0 Å². The Balaban J connectivity index is 2.00. The molecule has 2 aromatic rings. The lowest BCUT2D eigenvalue weighted by Crippen LogP contribution is -2.33. The Morgan fingerprint density at radius 1 is 1.24 bits per heavy atom. The molecule has 1 aliphatic rings. The van der Waals surface area contributed by atoms with Crippen molar-refractivity contribution in [2.45, 2.75) is 50.1 Å². The van der Waals surface area contributed by atoms with Gasteiger partial charge in [0.2, 0.25) is 10.0 Å². The van der Waals surface area contributed by atoms with Gasteiger partial charge < -0.3 is 9.88 Å². The van der Waals surface area contributed by atoms with Gasteiger partial charge in [-0.05, 0) is 44.0 Å². The van der Waals surface area contributed by atoms with Crippen LogP contribution in [-0.4, -0.2) is 43.3 Å². The molecule has 0 spiro atoms. The fraction of sp³-hybridized carbons (Fsp3) is 0.500. The first-order chi connectivity index (χ1) is 11.8. The lowest BCUT2D eigenvalue weighted by Gasteiger charge is -2.13. The van der Waals surface area contributed by atoms with E-state index in [-0.39, 0.29) is 16.8 Å². The van der Waals surface area contributed by atoms with E-state index in [0.717, 1.165) is 36.6 Å². The maximum Gasteiger partial charge on any atom is 0.268 e. The van der Waals surface area contributed by atoms with Gasteiger partial charge in [-0.1, -0.05) is 12.8 Å². The van der Waals surface area contributed by atoms with Crippen LogP contribution in [0.5, 0.6) is 0 Å². The molecular weight excluding hydrogens is 338 g/mol. The first-order valence-electron chi connectivity index (χ1n) is 8.71. The van der Waals surface area contributed by atoms with Crippen molar-refractivity contribution < 1.29 is 13.2 Å². The monoisotopic (exact) mass is 363 g/mol. The minimum Gasteiger partial charge on any atom is -0.348 e. The van der Waals surface area contributed by atoms with Crippen LogP contribution in [0.15, 0.2) is 29.2 Å². The Morgan fingerprint density at radius 3 is 2.52 bits per heavy atom. The Labute approximate surface area is 148 Å². The number of fused-ring (bicyclic) bond motifs is 1. The zero-order valence-electron chi connectivity index (χ0n) is 14.9. The smallest absolute Gasteiger partial charge is 0.268 e. The topological polar surface area (TPSA) is 71.4 Å². The molecule has 0 bridgehead atoms. The molecule has 0 radical (unpaired) electrons. The van der Waals surface area contributed by atoms with Gasteiger partial charge in [-0.15, -0.1) is 0 Å². The highest BCUT2D eigenvalue weighted by atomic mass is 32.2. The summed E-state index contributed by atoms with van der Waals surface area (Å²) in [6, 6.07) is 7.06. The fourth-order valence-corrected chi connectivity index (χ4v) is 4.42. The van der Waals surface area contributed by atoms with Crippen LogP contribution in [0.1, 0.15) is 43.1 Å². The average Bonchev–Trinajstić information content (AvgIpc) is 3.20. The Kier molecular flexibility index (Phi) is 4.88. The molecule has 1 fully saturated rings. The molecule has 1 amide bonds. The van der Waals surface area contributed by atoms with Crippen molar-refractivity contribution in [1.82, 2.24) is 14.2 Å². The maximum atomic E-state index is 12.7. The van der Waals surface area contributed by atoms with E-state index in [1.165, 1.54) is 18.4 Å². The van der Waals surface area contributed by atoms with Crippen LogP contribution in [0.25, 0.3) is 10.9 Å². The predicted molar refractivity (Wildman–Crippen MR) is 98.2 cm³/mol. The van der Waals surface area contributed by atoms with Crippen molar-refractivity contribution >= 4 is 26.8 Å². The van der Waals surface area contributed by atoms with Crippen molar-refractivity contribution in [3.05, 3.63) is 30.0 Å². The number of nitrogens with zero attached hydrogens (tertiary/aromatic N) is 2. The molecule has 136 valence electrons. The number of hydrogen-bond acceptors (Lipinski definition) is 3. The molecule has 1 aromatic heterocycles. The number of benzene rings is 1. The summed E-state index contributed by atoms with van der Waals surface area (Å²) >= 11 is 0. The minimum atomic E-state index is -3.49. The van der Waals surface area contributed by atoms with Gasteiger partial charge in [0.1, 0.15) is 5.69 Å². The van der Waals surface area contributed by atoms with Crippen LogP contribution in [-0.2, 0) is 16.6 Å². The zero-order chi connectivity index (χ0) is 18.2. The molecule has 0 unspecified atom stereocenters. The molecule has 1 heterocycles. The summed E-state index contributed by atoms with van der Waals surface area (Å²) in [5.41, 5.74) is 1.46. The molecule has 7 heteroatoms. The van der Waals surface area contributed by atoms with Crippen LogP contribution in [0.3, 0.4) is 0 Å². The highest BCUT2D eigenvalue weighted by molar-refractivity contribution is 7.89. The second-order valence-corrected chi connectivity index (χ2v) is 8.89. The van der Waals surface area contributed by atoms with Gasteiger partial charge >= 0.3 is 0 Å². The number of sulfonamides is 1. The highest BCUT2D eigenvalue weighted by Crippen LogP contribution is 2.25. The molecular formula is C18H25N3O3S. The Morgan fingerprint density at radius 2 is 1.92 bits per heavy atom. The van der Waals surface area contributed by atoms with E-state index in [1.54, 1.807) is 24.3 Å². The maximum absolute atomic E-state index is 12.7. The van der Waals surface area contributed by atoms with Crippen molar-refractivity contribution in [2.24, 2.45) is 0 Å². The van der Waals surface area contributed by atoms with Gasteiger partial charge in [0.25, 0.3) is 5.91 Å². The van der Waals surface area contributed by atoms with Crippen molar-refractivity contribution in [3.63, 3.8) is 0 Å². The quantitative estimate of drug-likeness (QED) is 0.887. The van der Waals surface area contributed by atoms with Gasteiger partial charge in [-0.2, -0.15) is 0 Å². The van der Waals surface area contributed by atoms with Crippen LogP contribution in [0.2, 0.25) is 0 Å². The lowest BCUT2D eigenvalue weighted by atomic mass is 10.2. The lowest BCUT2D eigenvalue weighted by molar-refractivity contribution is 0.0929. The van der Waals surface area contributed by atoms with Crippen molar-refractivity contribution in [1.29, 1.82) is 0 Å². The average molecular weight is 363 g/mol. The number of rotatable bonds is 5. The van der Waals surface area contributed by atoms with Gasteiger partial charge in [0, 0.05) is 37.6 Å². The largest absolute Gasteiger partial charge is 0.348 e. The van der Waals surface area contributed by atoms with Gasteiger partial charge in [-0.25, -0.2) is 12.7 Å². The van der Waals surface area contributed by atoms with Crippen molar-refractivity contribution in [2.75, 3.05) is 14.1 Å². The Hall–Kier alpha value is -1.86. The molecule has 25 heavy (non-hydrogen) atoms. The first-order valence-corrected chi connectivity index (χ1v) is 10.1. The molecule has 0 atom stereocenters. The molecule has 1 aromatic carbocycles. The van der Waals surface area contributed by atoms with E-state index in [0.29, 0.717) is 12.2 Å². The summed E-state index contributed by atoms with van der Waals surface area (Å²) in [7, 11) is -0.472. The van der Waals surface area contributed by atoms with E-state index in [4.69, 9.17) is 0 Å². The third-order valence-corrected chi connectivity index (χ3v) is 6.70. The molecule has 1 aliphatic carbocycles. The number of aromatic nitrogens is 1. The van der Waals surface area contributed by atoms with E-state index >= 15 is 0 Å². The summed E-state index contributed by atoms with van der Waals surface area (Å²) in [4.78, 5) is 12.9. The summed E-state index contributed by atoms with van der Waals surface area (Å²) in [5.74, 6) is -0.0815. The van der Waals surface area contributed by atoms with E-state index in [1.807, 2.05) is 11.5 Å². The molecule has 0 saturated heterocycles. The summed E-state index contributed by atoms with van der Waals surface area (Å²) in [6.45, 7) is 2.63. The molecule has 0 aliphatic heterocycles.